The van der Waals surface area contributed by atoms with Crippen LogP contribution in [-0.2, 0) is 14.6 Å². The summed E-state index contributed by atoms with van der Waals surface area (Å²) in [7, 11) is -3.46. The molecular formula is C18H25N5O3S. The Kier molecular flexibility index (Phi) is 4.88. The molecule has 0 aromatic carbocycles. The van der Waals surface area contributed by atoms with E-state index in [1.807, 2.05) is 4.90 Å². The number of carbonyl (C=O) groups excluding carboxylic acids is 1. The maximum atomic E-state index is 12.8. The molecule has 2 aromatic heterocycles. The van der Waals surface area contributed by atoms with Crippen molar-refractivity contribution in [1.29, 1.82) is 0 Å². The molecule has 1 saturated carbocycles. The van der Waals surface area contributed by atoms with Gasteiger partial charge in [0.15, 0.2) is 9.84 Å². The Labute approximate surface area is 158 Å². The van der Waals surface area contributed by atoms with Gasteiger partial charge >= 0.3 is 0 Å². The molecule has 3 heterocycles. The van der Waals surface area contributed by atoms with Crippen LogP contribution in [-0.4, -0.2) is 58.2 Å². The largest absolute Gasteiger partial charge is 0.342 e. The summed E-state index contributed by atoms with van der Waals surface area (Å²) in [6.07, 6.45) is 10.9. The van der Waals surface area contributed by atoms with Crippen molar-refractivity contribution in [1.82, 2.24) is 24.5 Å². The summed E-state index contributed by atoms with van der Waals surface area (Å²) < 4.78 is 26.2. The molecule has 1 unspecified atom stereocenters. The monoisotopic (exact) mass is 391 g/mol. The van der Waals surface area contributed by atoms with Crippen molar-refractivity contribution >= 4 is 21.5 Å². The smallest absolute Gasteiger partial charge is 0.252 e. The molecule has 9 heteroatoms. The molecule has 8 nitrogen and oxygen atoms in total. The molecule has 2 aliphatic rings. The lowest BCUT2D eigenvalue weighted by Crippen LogP contribution is -2.40. The third-order valence-electron chi connectivity index (χ3n) is 5.81. The van der Waals surface area contributed by atoms with Gasteiger partial charge in [-0.05, 0) is 31.6 Å². The highest BCUT2D eigenvalue weighted by atomic mass is 32.2. The number of fused-ring (bicyclic) bond motifs is 1. The standard InChI is InChI=1S/C18H25N5O3S/c1-27(25,26)15-10-19-18-20-12-21-23(18)17(15)14-7-4-8-22(11-14)16(24)9-13-5-2-3-6-13/h10,12-14H,2-9,11H2,1H3. The van der Waals surface area contributed by atoms with E-state index in [1.165, 1.54) is 36.1 Å². The van der Waals surface area contributed by atoms with Gasteiger partial charge in [0.2, 0.25) is 5.91 Å². The predicted molar refractivity (Wildman–Crippen MR) is 99.0 cm³/mol. The molecule has 2 fully saturated rings. The van der Waals surface area contributed by atoms with Gasteiger partial charge in [0.1, 0.15) is 11.2 Å². The zero-order valence-electron chi connectivity index (χ0n) is 15.5. The summed E-state index contributed by atoms with van der Waals surface area (Å²) in [6, 6.07) is 0. The van der Waals surface area contributed by atoms with Crippen molar-refractivity contribution in [2.45, 2.75) is 55.8 Å². The van der Waals surface area contributed by atoms with Gasteiger partial charge in [-0.25, -0.2) is 13.4 Å². The Morgan fingerprint density at radius 2 is 1.96 bits per heavy atom. The molecule has 0 N–H and O–H groups in total. The summed E-state index contributed by atoms with van der Waals surface area (Å²) in [5.74, 6) is 0.985. The van der Waals surface area contributed by atoms with Crippen molar-refractivity contribution in [3.05, 3.63) is 18.2 Å². The van der Waals surface area contributed by atoms with E-state index in [0.29, 0.717) is 30.4 Å². The maximum Gasteiger partial charge on any atom is 0.252 e. The van der Waals surface area contributed by atoms with Gasteiger partial charge in [-0.3, -0.25) is 4.79 Å². The number of carbonyl (C=O) groups is 1. The van der Waals surface area contributed by atoms with E-state index in [0.717, 1.165) is 32.2 Å². The van der Waals surface area contributed by atoms with Crippen molar-refractivity contribution in [2.75, 3.05) is 19.3 Å². The van der Waals surface area contributed by atoms with Crippen LogP contribution in [0.15, 0.2) is 17.4 Å². The highest BCUT2D eigenvalue weighted by Crippen LogP contribution is 2.33. The lowest BCUT2D eigenvalue weighted by Gasteiger charge is -2.34. The van der Waals surface area contributed by atoms with Crippen molar-refractivity contribution < 1.29 is 13.2 Å². The Bertz CT molecular complexity index is 949. The molecule has 2 aromatic rings. The molecule has 1 aliphatic carbocycles. The molecule has 146 valence electrons. The minimum Gasteiger partial charge on any atom is -0.342 e. The number of rotatable bonds is 4. The first-order valence-corrected chi connectivity index (χ1v) is 11.5. The first-order chi connectivity index (χ1) is 12.9. The number of aromatic nitrogens is 4. The molecule has 0 spiro atoms. The second kappa shape index (κ2) is 7.18. The fourth-order valence-corrected chi connectivity index (χ4v) is 5.33. The Morgan fingerprint density at radius 3 is 2.70 bits per heavy atom. The number of piperidine rings is 1. The number of hydrogen-bond donors (Lipinski definition) is 0. The molecule has 1 atom stereocenters. The van der Waals surface area contributed by atoms with Gasteiger partial charge in [-0.15, -0.1) is 0 Å². The number of hydrogen-bond acceptors (Lipinski definition) is 6. The minimum absolute atomic E-state index is 0.0943. The summed E-state index contributed by atoms with van der Waals surface area (Å²) >= 11 is 0. The molecule has 1 amide bonds. The van der Waals surface area contributed by atoms with Crippen LogP contribution in [0.4, 0.5) is 0 Å². The minimum atomic E-state index is -3.46. The first-order valence-electron chi connectivity index (χ1n) is 9.60. The number of nitrogens with zero attached hydrogens (tertiary/aromatic N) is 5. The van der Waals surface area contributed by atoms with Gasteiger partial charge in [0.05, 0.1) is 11.9 Å². The van der Waals surface area contributed by atoms with E-state index in [1.54, 1.807) is 0 Å². The van der Waals surface area contributed by atoms with Crippen LogP contribution in [0, 0.1) is 5.92 Å². The first kappa shape index (κ1) is 18.3. The van der Waals surface area contributed by atoms with Crippen LogP contribution < -0.4 is 0 Å². The van der Waals surface area contributed by atoms with E-state index < -0.39 is 9.84 Å². The molecule has 0 radical (unpaired) electrons. The second-order valence-electron chi connectivity index (χ2n) is 7.79. The number of sulfone groups is 1. The average Bonchev–Trinajstić information content (AvgIpc) is 3.31. The molecule has 0 bridgehead atoms. The Balaban J connectivity index is 1.63. The van der Waals surface area contributed by atoms with Gasteiger partial charge in [-0.1, -0.05) is 12.8 Å². The maximum absolute atomic E-state index is 12.8. The summed E-state index contributed by atoms with van der Waals surface area (Å²) in [4.78, 5) is 23.1. The summed E-state index contributed by atoms with van der Waals surface area (Å²) in [5, 5.41) is 4.20. The van der Waals surface area contributed by atoms with E-state index in [9.17, 15) is 13.2 Å². The predicted octanol–water partition coefficient (Wildman–Crippen LogP) is 1.81. The van der Waals surface area contributed by atoms with E-state index >= 15 is 0 Å². The quantitative estimate of drug-likeness (QED) is 0.788. The topological polar surface area (TPSA) is 97.5 Å². The summed E-state index contributed by atoms with van der Waals surface area (Å²) in [6.45, 7) is 1.26. The van der Waals surface area contributed by atoms with E-state index in [-0.39, 0.29) is 16.7 Å². The average molecular weight is 391 g/mol. The van der Waals surface area contributed by atoms with Crippen molar-refractivity contribution in [2.24, 2.45) is 5.92 Å². The van der Waals surface area contributed by atoms with Crippen LogP contribution in [0.1, 0.15) is 56.6 Å². The molecule has 27 heavy (non-hydrogen) atoms. The fraction of sp³-hybridized carbons (Fsp3) is 0.667. The van der Waals surface area contributed by atoms with Gasteiger partial charge in [-0.2, -0.15) is 14.6 Å². The molecule has 1 aliphatic heterocycles. The third kappa shape index (κ3) is 3.69. The van der Waals surface area contributed by atoms with Crippen molar-refractivity contribution in [3.8, 4) is 0 Å². The van der Waals surface area contributed by atoms with Gasteiger partial charge < -0.3 is 4.90 Å². The van der Waals surface area contributed by atoms with E-state index in [4.69, 9.17) is 0 Å². The fourth-order valence-electron chi connectivity index (χ4n) is 4.46. The number of amides is 1. The zero-order chi connectivity index (χ0) is 19.0. The lowest BCUT2D eigenvalue weighted by molar-refractivity contribution is -0.133. The molecule has 1 saturated heterocycles. The highest BCUT2D eigenvalue weighted by molar-refractivity contribution is 7.90. The van der Waals surface area contributed by atoms with Crippen LogP contribution in [0.2, 0.25) is 0 Å². The van der Waals surface area contributed by atoms with Gasteiger partial charge in [0.25, 0.3) is 5.78 Å². The lowest BCUT2D eigenvalue weighted by atomic mass is 9.93. The van der Waals surface area contributed by atoms with E-state index in [2.05, 4.69) is 15.1 Å². The molecular weight excluding hydrogens is 366 g/mol. The second-order valence-corrected chi connectivity index (χ2v) is 9.77. The van der Waals surface area contributed by atoms with Crippen LogP contribution in [0.25, 0.3) is 5.78 Å². The Hall–Kier alpha value is -2.03. The number of likely N-dealkylation sites (tertiary alicyclic amines) is 1. The van der Waals surface area contributed by atoms with Crippen LogP contribution in [0.3, 0.4) is 0 Å². The van der Waals surface area contributed by atoms with Crippen LogP contribution in [0.5, 0.6) is 0 Å². The molecule has 4 rings (SSSR count). The highest BCUT2D eigenvalue weighted by Gasteiger charge is 2.32. The SMILES string of the molecule is CS(=O)(=O)c1cnc2ncnn2c1C1CCCN(C(=O)CC2CCCC2)C1. The van der Waals surface area contributed by atoms with Crippen molar-refractivity contribution in [3.63, 3.8) is 0 Å². The third-order valence-corrected chi connectivity index (χ3v) is 6.92. The van der Waals surface area contributed by atoms with Gasteiger partial charge in [0, 0.05) is 31.7 Å². The normalized spacial score (nSPS) is 21.8. The van der Waals surface area contributed by atoms with Crippen LogP contribution >= 0.6 is 0 Å². The summed E-state index contributed by atoms with van der Waals surface area (Å²) in [5.41, 5.74) is 0.596. The zero-order valence-corrected chi connectivity index (χ0v) is 16.4. The Morgan fingerprint density at radius 1 is 1.19 bits per heavy atom.